The Labute approximate surface area is 70.6 Å². The molecule has 0 atom stereocenters. The van der Waals surface area contributed by atoms with Crippen molar-refractivity contribution in [3.63, 3.8) is 0 Å². The second-order valence-electron chi connectivity index (χ2n) is 2.48. The van der Waals surface area contributed by atoms with E-state index < -0.39 is 0 Å². The Hall–Kier alpha value is -1.48. The van der Waals surface area contributed by atoms with Crippen molar-refractivity contribution in [1.82, 2.24) is 9.78 Å². The Bertz CT molecular complexity index is 308. The minimum atomic E-state index is 0.391. The molecule has 1 aromatic rings. The first-order valence-electron chi connectivity index (χ1n) is 3.81. The van der Waals surface area contributed by atoms with Gasteiger partial charge in [-0.3, -0.25) is 4.68 Å². The van der Waals surface area contributed by atoms with Crippen LogP contribution in [0.2, 0.25) is 0 Å². The predicted octanol–water partition coefficient (Wildman–Crippen LogP) is 2.02. The van der Waals surface area contributed by atoms with E-state index in [1.54, 1.807) is 0 Å². The predicted molar refractivity (Wildman–Crippen MR) is 45.5 cm³/mol. The van der Waals surface area contributed by atoms with Crippen molar-refractivity contribution < 1.29 is 0 Å². The highest BCUT2D eigenvalue weighted by Crippen LogP contribution is 2.06. The maximum Gasteiger partial charge on any atom is 0.0626 e. The molecule has 0 saturated heterocycles. The molecule has 5 heteroatoms. The van der Waals surface area contributed by atoms with Crippen molar-refractivity contribution in [3.05, 3.63) is 27.9 Å². The standard InChI is InChI=1S/C7H11N5/c1-3-12-5-7(4-9-11-8)6(2)10-12/h5H,3-4H2,1-2H3. The molecule has 0 amide bonds. The van der Waals surface area contributed by atoms with Crippen LogP contribution in [0.25, 0.3) is 10.4 Å². The van der Waals surface area contributed by atoms with E-state index in [0.29, 0.717) is 6.54 Å². The summed E-state index contributed by atoms with van der Waals surface area (Å²) in [7, 11) is 0. The van der Waals surface area contributed by atoms with Crippen molar-refractivity contribution in [2.45, 2.75) is 26.9 Å². The molecule has 0 aliphatic heterocycles. The fraction of sp³-hybridized carbons (Fsp3) is 0.571. The van der Waals surface area contributed by atoms with Crippen molar-refractivity contribution in [3.8, 4) is 0 Å². The Morgan fingerprint density at radius 3 is 3.00 bits per heavy atom. The molecule has 12 heavy (non-hydrogen) atoms. The highest BCUT2D eigenvalue weighted by atomic mass is 15.3. The second-order valence-corrected chi connectivity index (χ2v) is 2.48. The lowest BCUT2D eigenvalue weighted by molar-refractivity contribution is 0.653. The lowest BCUT2D eigenvalue weighted by Gasteiger charge is -1.89. The van der Waals surface area contributed by atoms with Crippen LogP contribution in [-0.4, -0.2) is 9.78 Å². The molecule has 0 fully saturated rings. The van der Waals surface area contributed by atoms with E-state index in [1.165, 1.54) is 0 Å². The number of azide groups is 1. The van der Waals surface area contributed by atoms with E-state index in [0.717, 1.165) is 17.8 Å². The van der Waals surface area contributed by atoms with Gasteiger partial charge in [-0.25, -0.2) is 0 Å². The molecule has 1 rings (SSSR count). The van der Waals surface area contributed by atoms with E-state index in [-0.39, 0.29) is 0 Å². The van der Waals surface area contributed by atoms with Crippen LogP contribution in [0.4, 0.5) is 0 Å². The van der Waals surface area contributed by atoms with E-state index in [9.17, 15) is 0 Å². The molecule has 0 radical (unpaired) electrons. The molecule has 0 saturated carbocycles. The first-order valence-corrected chi connectivity index (χ1v) is 3.81. The first-order chi connectivity index (χ1) is 5.77. The Kier molecular flexibility index (Phi) is 2.71. The topological polar surface area (TPSA) is 66.6 Å². The molecule has 1 aromatic heterocycles. The summed E-state index contributed by atoms with van der Waals surface area (Å²) in [5.41, 5.74) is 10.0. The van der Waals surface area contributed by atoms with Crippen molar-refractivity contribution in [2.75, 3.05) is 0 Å². The van der Waals surface area contributed by atoms with Gasteiger partial charge in [0.15, 0.2) is 0 Å². The zero-order chi connectivity index (χ0) is 8.97. The lowest BCUT2D eigenvalue weighted by atomic mass is 10.3. The van der Waals surface area contributed by atoms with E-state index in [1.807, 2.05) is 24.7 Å². The molecule has 0 N–H and O–H groups in total. The highest BCUT2D eigenvalue weighted by Gasteiger charge is 2.01. The molecule has 0 unspecified atom stereocenters. The van der Waals surface area contributed by atoms with Crippen LogP contribution in [0, 0.1) is 6.92 Å². The molecule has 0 aliphatic carbocycles. The summed E-state index contributed by atoms with van der Waals surface area (Å²) in [6, 6.07) is 0. The van der Waals surface area contributed by atoms with Crippen LogP contribution in [-0.2, 0) is 13.1 Å². The fourth-order valence-electron chi connectivity index (χ4n) is 0.984. The second kappa shape index (κ2) is 3.78. The third kappa shape index (κ3) is 1.77. The summed E-state index contributed by atoms with van der Waals surface area (Å²) in [4.78, 5) is 2.70. The Morgan fingerprint density at radius 2 is 2.50 bits per heavy atom. The van der Waals surface area contributed by atoms with Gasteiger partial charge in [-0.1, -0.05) is 5.11 Å². The van der Waals surface area contributed by atoms with Gasteiger partial charge in [-0.05, 0) is 24.9 Å². The molecule has 0 aromatic carbocycles. The molecule has 5 nitrogen and oxygen atoms in total. The Balaban J connectivity index is 2.84. The monoisotopic (exact) mass is 165 g/mol. The largest absolute Gasteiger partial charge is 0.272 e. The van der Waals surface area contributed by atoms with Gasteiger partial charge in [-0.15, -0.1) is 0 Å². The molecular formula is C7H11N5. The van der Waals surface area contributed by atoms with Gasteiger partial charge in [0.05, 0.1) is 12.2 Å². The summed E-state index contributed by atoms with van der Waals surface area (Å²) >= 11 is 0. The van der Waals surface area contributed by atoms with Crippen LogP contribution < -0.4 is 0 Å². The number of aryl methyl sites for hydroxylation is 2. The maximum absolute atomic E-state index is 8.11. The van der Waals surface area contributed by atoms with Crippen LogP contribution in [0.3, 0.4) is 0 Å². The third-order valence-electron chi connectivity index (χ3n) is 1.68. The zero-order valence-corrected chi connectivity index (χ0v) is 7.23. The minimum Gasteiger partial charge on any atom is -0.272 e. The Morgan fingerprint density at radius 1 is 1.75 bits per heavy atom. The molecular weight excluding hydrogens is 154 g/mol. The van der Waals surface area contributed by atoms with E-state index >= 15 is 0 Å². The maximum atomic E-state index is 8.11. The van der Waals surface area contributed by atoms with Crippen LogP contribution in [0.1, 0.15) is 18.2 Å². The minimum absolute atomic E-state index is 0.391. The summed E-state index contributed by atoms with van der Waals surface area (Å²) in [6.45, 7) is 5.16. The number of nitrogens with zero attached hydrogens (tertiary/aromatic N) is 5. The molecule has 0 aliphatic rings. The average molecular weight is 165 g/mol. The summed E-state index contributed by atoms with van der Waals surface area (Å²) in [5, 5.41) is 7.69. The first kappa shape index (κ1) is 8.62. The van der Waals surface area contributed by atoms with Gasteiger partial charge in [-0.2, -0.15) is 5.10 Å². The van der Waals surface area contributed by atoms with Gasteiger partial charge in [0.25, 0.3) is 0 Å². The molecule has 1 heterocycles. The summed E-state index contributed by atoms with van der Waals surface area (Å²) in [5.74, 6) is 0. The quantitative estimate of drug-likeness (QED) is 0.384. The summed E-state index contributed by atoms with van der Waals surface area (Å²) < 4.78 is 1.83. The van der Waals surface area contributed by atoms with E-state index in [2.05, 4.69) is 15.1 Å². The van der Waals surface area contributed by atoms with Gasteiger partial charge < -0.3 is 0 Å². The van der Waals surface area contributed by atoms with Gasteiger partial charge in [0, 0.05) is 17.7 Å². The smallest absolute Gasteiger partial charge is 0.0626 e. The SMILES string of the molecule is CCn1cc(CN=[N+]=[N-])c(C)n1. The van der Waals surface area contributed by atoms with Crippen molar-refractivity contribution in [1.29, 1.82) is 0 Å². The van der Waals surface area contributed by atoms with Gasteiger partial charge in [0.1, 0.15) is 0 Å². The zero-order valence-electron chi connectivity index (χ0n) is 7.23. The fourth-order valence-corrected chi connectivity index (χ4v) is 0.984. The third-order valence-corrected chi connectivity index (χ3v) is 1.68. The van der Waals surface area contributed by atoms with Crippen molar-refractivity contribution in [2.24, 2.45) is 5.11 Å². The van der Waals surface area contributed by atoms with Crippen molar-refractivity contribution >= 4 is 0 Å². The van der Waals surface area contributed by atoms with E-state index in [4.69, 9.17) is 5.53 Å². The van der Waals surface area contributed by atoms with Crippen LogP contribution in [0.15, 0.2) is 11.3 Å². The van der Waals surface area contributed by atoms with Crippen LogP contribution >= 0.6 is 0 Å². The lowest BCUT2D eigenvalue weighted by Crippen LogP contribution is -1.93. The van der Waals surface area contributed by atoms with Gasteiger partial charge in [0.2, 0.25) is 0 Å². The summed E-state index contributed by atoms with van der Waals surface area (Å²) in [6.07, 6.45) is 1.91. The number of aromatic nitrogens is 2. The average Bonchev–Trinajstić information content (AvgIpc) is 2.43. The van der Waals surface area contributed by atoms with Crippen LogP contribution in [0.5, 0.6) is 0 Å². The highest BCUT2D eigenvalue weighted by molar-refractivity contribution is 5.14. The molecule has 0 spiro atoms. The van der Waals surface area contributed by atoms with Gasteiger partial charge >= 0.3 is 0 Å². The number of hydrogen-bond donors (Lipinski definition) is 0. The molecule has 64 valence electrons. The number of hydrogen-bond acceptors (Lipinski definition) is 2. The molecule has 0 bridgehead atoms. The number of rotatable bonds is 3. The normalized spacial score (nSPS) is 9.50.